The van der Waals surface area contributed by atoms with E-state index in [4.69, 9.17) is 5.73 Å². The average Bonchev–Trinajstić information content (AvgIpc) is 2.98. The molecular formula is C16H26N4O. The van der Waals surface area contributed by atoms with Crippen LogP contribution in [0.5, 0.6) is 0 Å². The Morgan fingerprint density at radius 3 is 2.76 bits per heavy atom. The van der Waals surface area contributed by atoms with Crippen molar-refractivity contribution in [3.63, 3.8) is 0 Å². The van der Waals surface area contributed by atoms with Gasteiger partial charge in [-0.25, -0.2) is 0 Å². The maximum Gasteiger partial charge on any atom is 0.251 e. The van der Waals surface area contributed by atoms with Crippen molar-refractivity contribution in [3.05, 3.63) is 23.8 Å². The van der Waals surface area contributed by atoms with Crippen LogP contribution in [0.2, 0.25) is 0 Å². The first-order chi connectivity index (χ1) is 10.1. The van der Waals surface area contributed by atoms with Crippen molar-refractivity contribution in [2.24, 2.45) is 0 Å². The highest BCUT2D eigenvalue weighted by molar-refractivity contribution is 5.96. The van der Waals surface area contributed by atoms with E-state index in [9.17, 15) is 4.79 Å². The van der Waals surface area contributed by atoms with Crippen molar-refractivity contribution in [1.29, 1.82) is 0 Å². The molecule has 1 saturated heterocycles. The highest BCUT2D eigenvalue weighted by atomic mass is 16.1. The van der Waals surface area contributed by atoms with E-state index in [0.29, 0.717) is 11.6 Å². The van der Waals surface area contributed by atoms with Crippen LogP contribution in [-0.4, -0.2) is 50.1 Å². The number of likely N-dealkylation sites (N-methyl/N-ethyl adjacent to an activating group) is 1. The number of hydrogen-bond acceptors (Lipinski definition) is 4. The van der Waals surface area contributed by atoms with Crippen LogP contribution in [0.25, 0.3) is 0 Å². The summed E-state index contributed by atoms with van der Waals surface area (Å²) in [5, 5.41) is 2.66. The molecule has 1 aliphatic rings. The fourth-order valence-corrected chi connectivity index (χ4v) is 3.10. The minimum absolute atomic E-state index is 0.0734. The summed E-state index contributed by atoms with van der Waals surface area (Å²) in [6.07, 6.45) is 1.14. The summed E-state index contributed by atoms with van der Waals surface area (Å²) in [6.45, 7) is 8.51. The van der Waals surface area contributed by atoms with Gasteiger partial charge in [0.15, 0.2) is 0 Å². The maximum atomic E-state index is 11.8. The van der Waals surface area contributed by atoms with Gasteiger partial charge in [-0.15, -0.1) is 0 Å². The Hall–Kier alpha value is -1.75. The van der Waals surface area contributed by atoms with Crippen molar-refractivity contribution < 1.29 is 4.79 Å². The number of nitrogen functional groups attached to an aromatic ring is 1. The molecule has 1 aliphatic heterocycles. The van der Waals surface area contributed by atoms with Gasteiger partial charge in [-0.3, -0.25) is 9.69 Å². The first-order valence-corrected chi connectivity index (χ1v) is 7.71. The summed E-state index contributed by atoms with van der Waals surface area (Å²) in [4.78, 5) is 16.6. The molecule has 116 valence electrons. The zero-order valence-corrected chi connectivity index (χ0v) is 13.2. The monoisotopic (exact) mass is 290 g/mol. The second-order valence-corrected chi connectivity index (χ2v) is 5.46. The molecule has 1 aromatic rings. The second-order valence-electron chi connectivity index (χ2n) is 5.46. The standard InChI is InChI=1S/C16H26N4O/c1-4-19(5-2)13-8-9-20(11-13)15-10-12(16(21)18-3)6-7-14(15)17/h6-7,10,13H,4-5,8-9,11,17H2,1-3H3,(H,18,21). The van der Waals surface area contributed by atoms with Crippen LogP contribution >= 0.6 is 0 Å². The average molecular weight is 290 g/mol. The molecule has 2 rings (SSSR count). The highest BCUT2D eigenvalue weighted by Crippen LogP contribution is 2.29. The molecule has 0 spiro atoms. The van der Waals surface area contributed by atoms with Crippen molar-refractivity contribution in [3.8, 4) is 0 Å². The van der Waals surface area contributed by atoms with Gasteiger partial charge in [0.25, 0.3) is 5.91 Å². The summed E-state index contributed by atoms with van der Waals surface area (Å²) in [6, 6.07) is 6.07. The third-order valence-corrected chi connectivity index (χ3v) is 4.35. The van der Waals surface area contributed by atoms with Gasteiger partial charge in [0.2, 0.25) is 0 Å². The van der Waals surface area contributed by atoms with E-state index in [1.807, 2.05) is 12.1 Å². The van der Waals surface area contributed by atoms with Gasteiger partial charge in [0.1, 0.15) is 0 Å². The quantitative estimate of drug-likeness (QED) is 0.808. The van der Waals surface area contributed by atoms with Gasteiger partial charge in [0.05, 0.1) is 11.4 Å². The van der Waals surface area contributed by atoms with Crippen LogP contribution in [0.15, 0.2) is 18.2 Å². The first-order valence-electron chi connectivity index (χ1n) is 7.71. The molecule has 5 nitrogen and oxygen atoms in total. The smallest absolute Gasteiger partial charge is 0.251 e. The molecule has 21 heavy (non-hydrogen) atoms. The van der Waals surface area contributed by atoms with Gasteiger partial charge in [-0.1, -0.05) is 13.8 Å². The van der Waals surface area contributed by atoms with E-state index in [-0.39, 0.29) is 5.91 Å². The topological polar surface area (TPSA) is 61.6 Å². The van der Waals surface area contributed by atoms with Crippen molar-refractivity contribution in [2.75, 3.05) is 43.9 Å². The van der Waals surface area contributed by atoms with Crippen molar-refractivity contribution in [2.45, 2.75) is 26.3 Å². The van der Waals surface area contributed by atoms with Gasteiger partial charge in [-0.2, -0.15) is 0 Å². The summed E-state index contributed by atoms with van der Waals surface area (Å²) < 4.78 is 0. The molecule has 1 aromatic carbocycles. The largest absolute Gasteiger partial charge is 0.397 e. The molecule has 3 N–H and O–H groups in total. The Kier molecular flexibility index (Phi) is 5.07. The van der Waals surface area contributed by atoms with E-state index in [1.54, 1.807) is 13.1 Å². The molecule has 1 heterocycles. The molecule has 5 heteroatoms. The second kappa shape index (κ2) is 6.80. The Balaban J connectivity index is 2.17. The number of nitrogens with one attached hydrogen (secondary N) is 1. The molecule has 1 amide bonds. The van der Waals surface area contributed by atoms with Crippen LogP contribution < -0.4 is 16.0 Å². The fourth-order valence-electron chi connectivity index (χ4n) is 3.10. The minimum Gasteiger partial charge on any atom is -0.397 e. The molecule has 0 radical (unpaired) electrons. The SMILES string of the molecule is CCN(CC)C1CCN(c2cc(C(=O)NC)ccc2N)C1. The lowest BCUT2D eigenvalue weighted by Crippen LogP contribution is -2.37. The number of amides is 1. The van der Waals surface area contributed by atoms with Gasteiger partial charge in [0, 0.05) is 31.7 Å². The lowest BCUT2D eigenvalue weighted by atomic mass is 10.1. The highest BCUT2D eigenvalue weighted by Gasteiger charge is 2.27. The number of nitrogens with zero attached hydrogens (tertiary/aromatic N) is 2. The normalized spacial score (nSPS) is 18.3. The van der Waals surface area contributed by atoms with Crippen LogP contribution in [0.4, 0.5) is 11.4 Å². The zero-order valence-electron chi connectivity index (χ0n) is 13.2. The van der Waals surface area contributed by atoms with Gasteiger partial charge >= 0.3 is 0 Å². The number of nitrogens with two attached hydrogens (primary N) is 1. The van der Waals surface area contributed by atoms with Crippen LogP contribution in [0.3, 0.4) is 0 Å². The Labute approximate surface area is 127 Å². The van der Waals surface area contributed by atoms with E-state index in [2.05, 4.69) is 29.0 Å². The predicted molar refractivity (Wildman–Crippen MR) is 87.8 cm³/mol. The Morgan fingerprint density at radius 1 is 1.43 bits per heavy atom. The first kappa shape index (κ1) is 15.6. The summed E-state index contributed by atoms with van der Waals surface area (Å²) >= 11 is 0. The van der Waals surface area contributed by atoms with E-state index in [0.717, 1.165) is 44.0 Å². The number of carbonyl (C=O) groups is 1. The Bertz CT molecular complexity index is 499. The van der Waals surface area contributed by atoms with Crippen LogP contribution in [-0.2, 0) is 0 Å². The number of rotatable bonds is 5. The molecule has 0 aromatic heterocycles. The molecule has 1 atom stereocenters. The summed E-state index contributed by atoms with van der Waals surface area (Å²) in [7, 11) is 1.64. The summed E-state index contributed by atoms with van der Waals surface area (Å²) in [5.41, 5.74) is 8.49. The minimum atomic E-state index is -0.0734. The lowest BCUT2D eigenvalue weighted by molar-refractivity contribution is 0.0963. The molecule has 0 aliphatic carbocycles. The zero-order chi connectivity index (χ0) is 15.4. The van der Waals surface area contributed by atoms with E-state index < -0.39 is 0 Å². The fraction of sp³-hybridized carbons (Fsp3) is 0.562. The molecule has 1 unspecified atom stereocenters. The number of benzene rings is 1. The third-order valence-electron chi connectivity index (χ3n) is 4.35. The number of anilines is 2. The number of carbonyl (C=O) groups excluding carboxylic acids is 1. The van der Waals surface area contributed by atoms with Crippen molar-refractivity contribution in [1.82, 2.24) is 10.2 Å². The van der Waals surface area contributed by atoms with Gasteiger partial charge < -0.3 is 16.0 Å². The third kappa shape index (κ3) is 3.29. The lowest BCUT2D eigenvalue weighted by Gasteiger charge is -2.27. The molecule has 1 fully saturated rings. The predicted octanol–water partition coefficient (Wildman–Crippen LogP) is 1.55. The van der Waals surface area contributed by atoms with Crippen LogP contribution in [0.1, 0.15) is 30.6 Å². The number of hydrogen-bond donors (Lipinski definition) is 2. The van der Waals surface area contributed by atoms with E-state index >= 15 is 0 Å². The molecule has 0 saturated carbocycles. The molecule has 0 bridgehead atoms. The van der Waals surface area contributed by atoms with Crippen LogP contribution in [0, 0.1) is 0 Å². The Morgan fingerprint density at radius 2 is 2.14 bits per heavy atom. The maximum absolute atomic E-state index is 11.8. The van der Waals surface area contributed by atoms with Crippen molar-refractivity contribution >= 4 is 17.3 Å². The van der Waals surface area contributed by atoms with Gasteiger partial charge in [-0.05, 0) is 37.7 Å². The summed E-state index contributed by atoms with van der Waals surface area (Å²) in [5.74, 6) is -0.0734. The van der Waals surface area contributed by atoms with E-state index in [1.165, 1.54) is 0 Å². The molecular weight excluding hydrogens is 264 g/mol.